The van der Waals surface area contributed by atoms with E-state index >= 15 is 0 Å². The number of aromatic nitrogens is 3. The third kappa shape index (κ3) is 5.93. The fourth-order valence-corrected chi connectivity index (χ4v) is 1.87. The lowest BCUT2D eigenvalue weighted by Gasteiger charge is -2.18. The van der Waals surface area contributed by atoms with Gasteiger partial charge < -0.3 is 15.4 Å². The maximum atomic E-state index is 12.8. The van der Waals surface area contributed by atoms with Crippen LogP contribution < -0.4 is 15.4 Å². The first-order valence-electron chi connectivity index (χ1n) is 8.36. The van der Waals surface area contributed by atoms with Gasteiger partial charge in [0.05, 0.1) is 4.92 Å². The molecular formula is C16H19F3N6O3. The van der Waals surface area contributed by atoms with Gasteiger partial charge in [0.15, 0.2) is 6.10 Å². The molecule has 2 atom stereocenters. The topological polar surface area (TPSA) is 115 Å². The Balaban J connectivity index is 2.29. The van der Waals surface area contributed by atoms with Crippen molar-refractivity contribution in [2.75, 3.05) is 10.6 Å². The number of nitro groups is 1. The van der Waals surface area contributed by atoms with Gasteiger partial charge in [-0.05, 0) is 32.4 Å². The van der Waals surface area contributed by atoms with Crippen molar-refractivity contribution in [3.8, 4) is 6.01 Å². The summed E-state index contributed by atoms with van der Waals surface area (Å²) in [6.45, 7) is 4.61. The average Bonchev–Trinajstić information content (AvgIpc) is 2.61. The number of hydrogen-bond donors (Lipinski definition) is 2. The number of nitro benzene ring substituents is 1. The molecule has 9 nitrogen and oxygen atoms in total. The van der Waals surface area contributed by atoms with E-state index < -0.39 is 23.2 Å². The van der Waals surface area contributed by atoms with Gasteiger partial charge in [-0.1, -0.05) is 6.92 Å². The van der Waals surface area contributed by atoms with Crippen LogP contribution >= 0.6 is 0 Å². The number of anilines is 3. The fraction of sp³-hybridized carbons (Fsp3) is 0.438. The van der Waals surface area contributed by atoms with Crippen LogP contribution in [0.2, 0.25) is 0 Å². The second-order valence-electron chi connectivity index (χ2n) is 5.95. The molecule has 0 fully saturated rings. The zero-order valence-electron chi connectivity index (χ0n) is 15.3. The third-order valence-electron chi connectivity index (χ3n) is 3.68. The molecular weight excluding hydrogens is 381 g/mol. The predicted octanol–water partition coefficient (Wildman–Crippen LogP) is 4.06. The summed E-state index contributed by atoms with van der Waals surface area (Å²) < 4.78 is 43.1. The Bertz CT molecular complexity index is 816. The zero-order chi connectivity index (χ0) is 20.9. The van der Waals surface area contributed by atoms with Gasteiger partial charge in [-0.15, -0.1) is 0 Å². The van der Waals surface area contributed by atoms with Crippen molar-refractivity contribution in [1.29, 1.82) is 0 Å². The molecule has 0 amide bonds. The van der Waals surface area contributed by atoms with Crippen LogP contribution in [-0.2, 0) is 0 Å². The number of hydrogen-bond acceptors (Lipinski definition) is 8. The summed E-state index contributed by atoms with van der Waals surface area (Å²) in [5.41, 5.74) is 0.296. The molecule has 0 bridgehead atoms. The predicted molar refractivity (Wildman–Crippen MR) is 95.7 cm³/mol. The van der Waals surface area contributed by atoms with Crippen LogP contribution in [0.1, 0.15) is 27.2 Å². The molecule has 152 valence electrons. The Morgan fingerprint density at radius 2 is 1.75 bits per heavy atom. The summed E-state index contributed by atoms with van der Waals surface area (Å²) in [6.07, 6.45) is -5.96. The van der Waals surface area contributed by atoms with Crippen LogP contribution in [0.25, 0.3) is 0 Å². The molecule has 1 aromatic heterocycles. The first-order valence-corrected chi connectivity index (χ1v) is 8.36. The Labute approximate surface area is 158 Å². The van der Waals surface area contributed by atoms with Crippen LogP contribution in [0.5, 0.6) is 6.01 Å². The Morgan fingerprint density at radius 3 is 2.29 bits per heavy atom. The van der Waals surface area contributed by atoms with Gasteiger partial charge in [0, 0.05) is 23.9 Å². The van der Waals surface area contributed by atoms with Crippen molar-refractivity contribution < 1.29 is 22.8 Å². The lowest BCUT2D eigenvalue weighted by molar-refractivity contribution is -0.384. The molecule has 2 N–H and O–H groups in total. The van der Waals surface area contributed by atoms with Crippen molar-refractivity contribution in [3.63, 3.8) is 0 Å². The van der Waals surface area contributed by atoms with Crippen LogP contribution in [-0.4, -0.2) is 38.2 Å². The van der Waals surface area contributed by atoms with Gasteiger partial charge in [0.1, 0.15) is 0 Å². The van der Waals surface area contributed by atoms with E-state index in [9.17, 15) is 23.3 Å². The first-order chi connectivity index (χ1) is 13.1. The summed E-state index contributed by atoms with van der Waals surface area (Å²) in [5.74, 6) is -0.0304. The maximum absolute atomic E-state index is 12.8. The molecule has 2 rings (SSSR count). The second-order valence-corrected chi connectivity index (χ2v) is 5.95. The lowest BCUT2D eigenvalue weighted by atomic mass is 10.3. The molecule has 2 aromatic rings. The highest BCUT2D eigenvalue weighted by molar-refractivity contribution is 5.56. The number of nitrogens with one attached hydrogen (secondary N) is 2. The van der Waals surface area contributed by atoms with E-state index in [4.69, 9.17) is 4.74 Å². The minimum absolute atomic E-state index is 0.0393. The van der Waals surface area contributed by atoms with E-state index in [2.05, 4.69) is 25.6 Å². The second kappa shape index (κ2) is 8.67. The number of halogens is 3. The number of rotatable bonds is 8. The Kier molecular flexibility index (Phi) is 6.54. The van der Waals surface area contributed by atoms with Crippen LogP contribution in [0, 0.1) is 10.1 Å². The molecule has 0 aliphatic rings. The molecule has 0 aliphatic carbocycles. The molecule has 1 aromatic carbocycles. The number of benzene rings is 1. The third-order valence-corrected chi connectivity index (χ3v) is 3.68. The van der Waals surface area contributed by atoms with Crippen molar-refractivity contribution in [2.45, 2.75) is 45.5 Å². The van der Waals surface area contributed by atoms with Gasteiger partial charge in [0.25, 0.3) is 5.69 Å². The van der Waals surface area contributed by atoms with Gasteiger partial charge in [-0.2, -0.15) is 28.1 Å². The summed E-state index contributed by atoms with van der Waals surface area (Å²) >= 11 is 0. The van der Waals surface area contributed by atoms with Crippen molar-refractivity contribution in [3.05, 3.63) is 34.4 Å². The lowest BCUT2D eigenvalue weighted by Crippen LogP contribution is -2.32. The van der Waals surface area contributed by atoms with E-state index in [1.165, 1.54) is 24.3 Å². The van der Waals surface area contributed by atoms with Gasteiger partial charge in [-0.3, -0.25) is 10.1 Å². The zero-order valence-corrected chi connectivity index (χ0v) is 15.3. The first kappa shape index (κ1) is 21.1. The molecule has 0 aliphatic heterocycles. The number of non-ortho nitro benzene ring substituents is 1. The highest BCUT2D eigenvalue weighted by atomic mass is 19.4. The van der Waals surface area contributed by atoms with Crippen LogP contribution in [0.3, 0.4) is 0 Å². The quantitative estimate of drug-likeness (QED) is 0.503. The maximum Gasteiger partial charge on any atom is 0.425 e. The Hall–Kier alpha value is -3.18. The summed E-state index contributed by atoms with van der Waals surface area (Å²) in [4.78, 5) is 22.0. The standard InChI is InChI=1S/C16H19F3N6O3/c1-4-9(2)20-13-22-14(21-11-5-7-12(8-6-11)25(26)27)24-15(23-13)28-10(3)16(17,18)19/h5-10H,4H2,1-3H3,(H2,20,21,22,23,24). The largest absolute Gasteiger partial charge is 0.451 e. The van der Waals surface area contributed by atoms with Gasteiger partial charge in [-0.25, -0.2) is 0 Å². The van der Waals surface area contributed by atoms with E-state index in [1.54, 1.807) is 0 Å². The fourth-order valence-electron chi connectivity index (χ4n) is 1.87. The van der Waals surface area contributed by atoms with E-state index in [-0.39, 0.29) is 23.6 Å². The molecule has 0 saturated heterocycles. The average molecular weight is 400 g/mol. The smallest absolute Gasteiger partial charge is 0.425 e. The number of ether oxygens (including phenoxy) is 1. The van der Waals surface area contributed by atoms with Crippen molar-refractivity contribution >= 4 is 23.3 Å². The van der Waals surface area contributed by atoms with Crippen molar-refractivity contribution in [2.24, 2.45) is 0 Å². The van der Waals surface area contributed by atoms with Gasteiger partial charge in [0.2, 0.25) is 11.9 Å². The SMILES string of the molecule is CCC(C)Nc1nc(Nc2ccc([N+](=O)[O-])cc2)nc(OC(C)C(F)(F)F)n1. The normalized spacial score (nSPS) is 13.5. The van der Waals surface area contributed by atoms with E-state index in [0.717, 1.165) is 13.3 Å². The minimum Gasteiger partial charge on any atom is -0.451 e. The van der Waals surface area contributed by atoms with Gasteiger partial charge >= 0.3 is 12.2 Å². The molecule has 28 heavy (non-hydrogen) atoms. The highest BCUT2D eigenvalue weighted by Gasteiger charge is 2.38. The molecule has 0 spiro atoms. The van der Waals surface area contributed by atoms with E-state index in [1.807, 2.05) is 13.8 Å². The van der Waals surface area contributed by atoms with Crippen LogP contribution in [0.15, 0.2) is 24.3 Å². The monoisotopic (exact) mass is 400 g/mol. The molecule has 2 unspecified atom stereocenters. The summed E-state index contributed by atoms with van der Waals surface area (Å²) in [7, 11) is 0. The molecule has 0 saturated carbocycles. The number of alkyl halides is 3. The van der Waals surface area contributed by atoms with Crippen molar-refractivity contribution in [1.82, 2.24) is 15.0 Å². The molecule has 12 heteroatoms. The molecule has 0 radical (unpaired) electrons. The van der Waals surface area contributed by atoms with Crippen LogP contribution in [0.4, 0.5) is 36.4 Å². The molecule has 1 heterocycles. The number of nitrogens with zero attached hydrogens (tertiary/aromatic N) is 4. The highest BCUT2D eigenvalue weighted by Crippen LogP contribution is 2.25. The summed E-state index contributed by atoms with van der Waals surface area (Å²) in [6, 6.07) is 4.83. The van der Waals surface area contributed by atoms with E-state index in [0.29, 0.717) is 5.69 Å². The Morgan fingerprint density at radius 1 is 1.14 bits per heavy atom. The summed E-state index contributed by atoms with van der Waals surface area (Å²) in [5, 5.41) is 16.4. The minimum atomic E-state index is -4.58.